The van der Waals surface area contributed by atoms with Crippen LogP contribution in [0.2, 0.25) is 0 Å². The van der Waals surface area contributed by atoms with Gasteiger partial charge < -0.3 is 5.11 Å². The zero-order valence-electron chi connectivity index (χ0n) is 11.3. The maximum Gasteiger partial charge on any atom is 0.243 e. The van der Waals surface area contributed by atoms with Gasteiger partial charge >= 0.3 is 0 Å². The van der Waals surface area contributed by atoms with Crippen LogP contribution in [0.15, 0.2) is 34.1 Å². The summed E-state index contributed by atoms with van der Waals surface area (Å²) in [4.78, 5) is 0.0892. The van der Waals surface area contributed by atoms with E-state index in [9.17, 15) is 13.5 Å². The average molecular weight is 315 g/mol. The van der Waals surface area contributed by atoms with Crippen molar-refractivity contribution in [1.29, 1.82) is 0 Å². The van der Waals surface area contributed by atoms with Gasteiger partial charge in [0, 0.05) is 26.2 Å². The molecule has 2 aromatic rings. The quantitative estimate of drug-likeness (QED) is 0.824. The minimum Gasteiger partial charge on any atom is -0.388 e. The van der Waals surface area contributed by atoms with E-state index in [2.05, 4.69) is 9.82 Å². The third-order valence-corrected chi connectivity index (χ3v) is 4.89. The number of sulfonamides is 1. The van der Waals surface area contributed by atoms with E-state index in [0.29, 0.717) is 6.42 Å². The highest BCUT2D eigenvalue weighted by Crippen LogP contribution is 2.16. The van der Waals surface area contributed by atoms with Crippen molar-refractivity contribution < 1.29 is 13.5 Å². The van der Waals surface area contributed by atoms with E-state index in [-0.39, 0.29) is 11.4 Å². The average Bonchev–Trinajstić information content (AvgIpc) is 2.98. The van der Waals surface area contributed by atoms with E-state index in [0.717, 1.165) is 5.56 Å². The molecule has 0 saturated heterocycles. The van der Waals surface area contributed by atoms with Crippen LogP contribution < -0.4 is 4.72 Å². The van der Waals surface area contributed by atoms with Crippen LogP contribution in [0.5, 0.6) is 0 Å². The first-order chi connectivity index (χ1) is 9.28. The summed E-state index contributed by atoms with van der Waals surface area (Å²) < 4.78 is 27.9. The molecule has 0 amide bonds. The Morgan fingerprint density at radius 3 is 2.85 bits per heavy atom. The standard InChI is InChI=1S/C12H17N3O3S2/c1-12(16,5-10-3-4-19-8-10)9-14-20(17,18)11-6-13-15(2)7-11/h3-4,6-8,14,16H,5,9H2,1-2H3/t12-/m0/s1. The highest BCUT2D eigenvalue weighted by atomic mass is 32.2. The van der Waals surface area contributed by atoms with Crippen LogP contribution in [-0.4, -0.2) is 35.5 Å². The van der Waals surface area contributed by atoms with Gasteiger partial charge in [-0.3, -0.25) is 4.68 Å². The van der Waals surface area contributed by atoms with Crippen molar-refractivity contribution >= 4 is 21.4 Å². The van der Waals surface area contributed by atoms with Crippen molar-refractivity contribution in [2.24, 2.45) is 7.05 Å². The van der Waals surface area contributed by atoms with Crippen LogP contribution in [0.25, 0.3) is 0 Å². The number of aromatic nitrogens is 2. The molecular formula is C12H17N3O3S2. The SMILES string of the molecule is Cn1cc(S(=O)(=O)NC[C@@](C)(O)Cc2ccsc2)cn1. The Balaban J connectivity index is 2.00. The van der Waals surface area contributed by atoms with Crippen molar-refractivity contribution in [1.82, 2.24) is 14.5 Å². The lowest BCUT2D eigenvalue weighted by atomic mass is 9.99. The number of hydrogen-bond acceptors (Lipinski definition) is 5. The molecule has 0 aliphatic heterocycles. The highest BCUT2D eigenvalue weighted by molar-refractivity contribution is 7.89. The molecule has 2 N–H and O–H groups in total. The Morgan fingerprint density at radius 2 is 2.30 bits per heavy atom. The van der Waals surface area contributed by atoms with Gasteiger partial charge in [0.1, 0.15) is 4.90 Å². The minimum absolute atomic E-state index is 0.0555. The Labute approximate surface area is 122 Å². The van der Waals surface area contributed by atoms with E-state index in [4.69, 9.17) is 0 Å². The molecule has 0 unspecified atom stereocenters. The fourth-order valence-corrected chi connectivity index (χ4v) is 3.58. The smallest absolute Gasteiger partial charge is 0.243 e. The van der Waals surface area contributed by atoms with Crippen molar-refractivity contribution in [3.8, 4) is 0 Å². The Kier molecular flexibility index (Phi) is 4.28. The van der Waals surface area contributed by atoms with E-state index < -0.39 is 15.6 Å². The molecule has 0 aliphatic carbocycles. The summed E-state index contributed by atoms with van der Waals surface area (Å²) in [5.41, 5.74) is -0.156. The van der Waals surface area contributed by atoms with Gasteiger partial charge in [-0.2, -0.15) is 16.4 Å². The second kappa shape index (κ2) is 5.65. The summed E-state index contributed by atoms with van der Waals surface area (Å²) >= 11 is 1.54. The highest BCUT2D eigenvalue weighted by Gasteiger charge is 2.25. The largest absolute Gasteiger partial charge is 0.388 e. The van der Waals surface area contributed by atoms with Gasteiger partial charge in [0.15, 0.2) is 0 Å². The Hall–Kier alpha value is -1.22. The predicted molar refractivity (Wildman–Crippen MR) is 77.0 cm³/mol. The topological polar surface area (TPSA) is 84.2 Å². The Morgan fingerprint density at radius 1 is 1.55 bits per heavy atom. The molecule has 6 nitrogen and oxygen atoms in total. The van der Waals surface area contributed by atoms with Crippen LogP contribution in [0, 0.1) is 0 Å². The van der Waals surface area contributed by atoms with Crippen LogP contribution in [0.4, 0.5) is 0 Å². The number of nitrogens with zero attached hydrogens (tertiary/aromatic N) is 2. The summed E-state index contributed by atoms with van der Waals surface area (Å²) in [7, 11) is -2.00. The molecule has 0 saturated carbocycles. The van der Waals surface area contributed by atoms with Crippen molar-refractivity contribution in [3.05, 3.63) is 34.8 Å². The molecule has 2 heterocycles. The molecule has 1 atom stereocenters. The number of aryl methyl sites for hydroxylation is 1. The number of aliphatic hydroxyl groups is 1. The summed E-state index contributed by atoms with van der Waals surface area (Å²) in [6, 6.07) is 1.91. The van der Waals surface area contributed by atoms with Gasteiger partial charge in [0.05, 0.1) is 11.8 Å². The minimum atomic E-state index is -3.64. The third-order valence-electron chi connectivity index (χ3n) is 2.80. The van der Waals surface area contributed by atoms with E-state index >= 15 is 0 Å². The molecule has 20 heavy (non-hydrogen) atoms. The molecule has 2 rings (SSSR count). The monoisotopic (exact) mass is 315 g/mol. The van der Waals surface area contributed by atoms with E-state index in [1.165, 1.54) is 17.1 Å². The van der Waals surface area contributed by atoms with Crippen LogP contribution in [0.1, 0.15) is 12.5 Å². The second-order valence-electron chi connectivity index (χ2n) is 4.98. The molecular weight excluding hydrogens is 298 g/mol. The summed E-state index contributed by atoms with van der Waals surface area (Å²) in [5, 5.41) is 17.9. The van der Waals surface area contributed by atoms with E-state index in [1.807, 2.05) is 16.8 Å². The van der Waals surface area contributed by atoms with Crippen LogP contribution in [-0.2, 0) is 23.5 Å². The molecule has 2 aromatic heterocycles. The van der Waals surface area contributed by atoms with Crippen LogP contribution >= 0.6 is 11.3 Å². The molecule has 0 aliphatic rings. The lowest BCUT2D eigenvalue weighted by Crippen LogP contribution is -2.42. The van der Waals surface area contributed by atoms with Gasteiger partial charge in [-0.1, -0.05) is 0 Å². The van der Waals surface area contributed by atoms with Crippen LogP contribution in [0.3, 0.4) is 0 Å². The lowest BCUT2D eigenvalue weighted by molar-refractivity contribution is 0.0658. The zero-order valence-corrected chi connectivity index (χ0v) is 12.9. The summed E-state index contributed by atoms with van der Waals surface area (Å²) in [6.45, 7) is 1.55. The van der Waals surface area contributed by atoms with Gasteiger partial charge in [0.2, 0.25) is 10.0 Å². The lowest BCUT2D eigenvalue weighted by Gasteiger charge is -2.23. The molecule has 8 heteroatoms. The number of thiophene rings is 1. The first-order valence-electron chi connectivity index (χ1n) is 6.00. The fraction of sp³-hybridized carbons (Fsp3) is 0.417. The zero-order chi connectivity index (χ0) is 14.8. The first kappa shape index (κ1) is 15.2. The molecule has 0 radical (unpaired) electrons. The maximum absolute atomic E-state index is 12.0. The third kappa shape index (κ3) is 3.89. The summed E-state index contributed by atoms with van der Waals surface area (Å²) in [5.74, 6) is 0. The Bertz CT molecular complexity index is 660. The van der Waals surface area contributed by atoms with E-state index in [1.54, 1.807) is 25.3 Å². The second-order valence-corrected chi connectivity index (χ2v) is 7.53. The van der Waals surface area contributed by atoms with Crippen molar-refractivity contribution in [2.75, 3.05) is 6.54 Å². The number of rotatable bonds is 6. The summed E-state index contributed by atoms with van der Waals surface area (Å²) in [6.07, 6.45) is 3.08. The number of nitrogens with one attached hydrogen (secondary N) is 1. The van der Waals surface area contributed by atoms with Gasteiger partial charge in [-0.25, -0.2) is 13.1 Å². The van der Waals surface area contributed by atoms with Gasteiger partial charge in [-0.15, -0.1) is 0 Å². The first-order valence-corrected chi connectivity index (χ1v) is 8.43. The molecule has 0 aromatic carbocycles. The van der Waals surface area contributed by atoms with Gasteiger partial charge in [0.25, 0.3) is 0 Å². The van der Waals surface area contributed by atoms with Crippen molar-refractivity contribution in [3.63, 3.8) is 0 Å². The molecule has 110 valence electrons. The fourth-order valence-electron chi connectivity index (χ4n) is 1.77. The van der Waals surface area contributed by atoms with Crippen molar-refractivity contribution in [2.45, 2.75) is 23.8 Å². The maximum atomic E-state index is 12.0. The predicted octanol–water partition coefficient (Wildman–Crippen LogP) is 0.754. The molecule has 0 bridgehead atoms. The molecule has 0 fully saturated rings. The molecule has 0 spiro atoms. The normalized spacial score (nSPS) is 15.2. The van der Waals surface area contributed by atoms with Gasteiger partial charge in [-0.05, 0) is 29.3 Å². The number of hydrogen-bond donors (Lipinski definition) is 2.